The fourth-order valence-electron chi connectivity index (χ4n) is 1.42. The molecule has 0 atom stereocenters. The molecule has 18 heavy (non-hydrogen) atoms. The summed E-state index contributed by atoms with van der Waals surface area (Å²) in [6, 6.07) is 1.96. The lowest BCUT2D eigenvalue weighted by Crippen LogP contribution is -1.93. The zero-order valence-corrected chi connectivity index (χ0v) is 12.5. The van der Waals surface area contributed by atoms with Crippen LogP contribution in [-0.4, -0.2) is 19.7 Å². The molecule has 4 nitrogen and oxygen atoms in total. The molecule has 2 heterocycles. The average molecular weight is 248 g/mol. The van der Waals surface area contributed by atoms with E-state index in [4.69, 9.17) is 0 Å². The maximum absolute atomic E-state index is 4.35. The highest BCUT2D eigenvalue weighted by Crippen LogP contribution is 2.16. The topological polar surface area (TPSA) is 43.6 Å². The number of hydrogen-bond donors (Lipinski definition) is 0. The molecule has 0 spiro atoms. The summed E-state index contributed by atoms with van der Waals surface area (Å²) in [6.45, 7) is 11.9. The number of rotatable bonds is 1. The molecule has 0 fully saturated rings. The van der Waals surface area contributed by atoms with E-state index < -0.39 is 0 Å². The molecule has 0 amide bonds. The van der Waals surface area contributed by atoms with Crippen LogP contribution in [-0.2, 0) is 7.05 Å². The predicted molar refractivity (Wildman–Crippen MR) is 76.4 cm³/mol. The van der Waals surface area contributed by atoms with Gasteiger partial charge in [-0.05, 0) is 19.9 Å². The second-order valence-electron chi connectivity index (χ2n) is 3.34. The highest BCUT2D eigenvalue weighted by molar-refractivity contribution is 5.57. The molecule has 2 rings (SSSR count). The van der Waals surface area contributed by atoms with Crippen molar-refractivity contribution in [3.8, 4) is 11.3 Å². The van der Waals surface area contributed by atoms with E-state index in [1.807, 2.05) is 60.9 Å². The van der Waals surface area contributed by atoms with Gasteiger partial charge in [-0.1, -0.05) is 27.7 Å². The first-order valence-corrected chi connectivity index (χ1v) is 6.46. The Bertz CT molecular complexity index is 440. The summed E-state index contributed by atoms with van der Waals surface area (Å²) < 4.78 is 1.77. The predicted octanol–water partition coefficient (Wildman–Crippen LogP) is 3.55. The van der Waals surface area contributed by atoms with Crippen molar-refractivity contribution >= 4 is 0 Å². The van der Waals surface area contributed by atoms with E-state index >= 15 is 0 Å². The van der Waals surface area contributed by atoms with E-state index in [2.05, 4.69) is 15.1 Å². The van der Waals surface area contributed by atoms with Crippen molar-refractivity contribution in [2.45, 2.75) is 41.5 Å². The minimum absolute atomic E-state index is 0.795. The second kappa shape index (κ2) is 8.39. The van der Waals surface area contributed by atoms with E-state index in [1.54, 1.807) is 10.9 Å². The Kier molecular flexibility index (Phi) is 7.59. The third-order valence-electron chi connectivity index (χ3n) is 1.97. The molecule has 2 aromatic heterocycles. The Morgan fingerprint density at radius 2 is 1.61 bits per heavy atom. The van der Waals surface area contributed by atoms with E-state index in [1.165, 1.54) is 0 Å². The van der Waals surface area contributed by atoms with Crippen molar-refractivity contribution in [2.24, 2.45) is 7.05 Å². The SMILES string of the molecule is CC.CC.Cc1cc(-c2cnn(C)c2)nc(C)n1. The van der Waals surface area contributed by atoms with Crippen LogP contribution in [0.4, 0.5) is 0 Å². The van der Waals surface area contributed by atoms with Gasteiger partial charge in [0.2, 0.25) is 0 Å². The van der Waals surface area contributed by atoms with Crippen molar-refractivity contribution in [3.05, 3.63) is 30.0 Å². The fraction of sp³-hybridized carbons (Fsp3) is 0.500. The van der Waals surface area contributed by atoms with Crippen molar-refractivity contribution in [3.63, 3.8) is 0 Å². The molecule has 100 valence electrons. The molecule has 0 aliphatic carbocycles. The third-order valence-corrected chi connectivity index (χ3v) is 1.97. The Morgan fingerprint density at radius 1 is 1.00 bits per heavy atom. The smallest absolute Gasteiger partial charge is 0.126 e. The van der Waals surface area contributed by atoms with E-state index in [9.17, 15) is 0 Å². The molecular weight excluding hydrogens is 224 g/mol. The molecule has 4 heteroatoms. The monoisotopic (exact) mass is 248 g/mol. The van der Waals surface area contributed by atoms with Crippen LogP contribution < -0.4 is 0 Å². The van der Waals surface area contributed by atoms with Gasteiger partial charge in [0.1, 0.15) is 5.82 Å². The minimum atomic E-state index is 0.795. The lowest BCUT2D eigenvalue weighted by atomic mass is 10.2. The third kappa shape index (κ3) is 4.65. The van der Waals surface area contributed by atoms with E-state index in [0.717, 1.165) is 22.8 Å². The van der Waals surface area contributed by atoms with Crippen molar-refractivity contribution in [1.29, 1.82) is 0 Å². The Morgan fingerprint density at radius 3 is 2.06 bits per heavy atom. The van der Waals surface area contributed by atoms with Crippen molar-refractivity contribution < 1.29 is 0 Å². The minimum Gasteiger partial charge on any atom is -0.275 e. The summed E-state index contributed by atoms with van der Waals surface area (Å²) in [6.07, 6.45) is 3.75. The summed E-state index contributed by atoms with van der Waals surface area (Å²) in [4.78, 5) is 8.58. The molecule has 0 saturated carbocycles. The van der Waals surface area contributed by atoms with Gasteiger partial charge in [-0.3, -0.25) is 4.68 Å². The zero-order valence-electron chi connectivity index (χ0n) is 12.5. The first-order valence-electron chi connectivity index (χ1n) is 6.46. The van der Waals surface area contributed by atoms with Gasteiger partial charge in [0.05, 0.1) is 11.9 Å². The zero-order chi connectivity index (χ0) is 14.1. The highest BCUT2D eigenvalue weighted by atomic mass is 15.2. The van der Waals surface area contributed by atoms with Gasteiger partial charge >= 0.3 is 0 Å². The first kappa shape index (κ1) is 16.3. The molecule has 0 aliphatic heterocycles. The average Bonchev–Trinajstić information content (AvgIpc) is 2.80. The molecule has 0 aromatic carbocycles. The van der Waals surface area contributed by atoms with Gasteiger partial charge < -0.3 is 0 Å². The van der Waals surface area contributed by atoms with Gasteiger partial charge in [0.15, 0.2) is 0 Å². The number of aryl methyl sites for hydroxylation is 3. The summed E-state index contributed by atoms with van der Waals surface area (Å²) in [7, 11) is 1.89. The molecule has 0 aliphatic rings. The van der Waals surface area contributed by atoms with Gasteiger partial charge in [-0.25, -0.2) is 9.97 Å². The number of nitrogens with zero attached hydrogens (tertiary/aromatic N) is 4. The van der Waals surface area contributed by atoms with Gasteiger partial charge in [-0.2, -0.15) is 5.10 Å². The van der Waals surface area contributed by atoms with Crippen LogP contribution in [0, 0.1) is 13.8 Å². The summed E-state index contributed by atoms with van der Waals surface area (Å²) >= 11 is 0. The van der Waals surface area contributed by atoms with Gasteiger partial charge in [-0.15, -0.1) is 0 Å². The van der Waals surface area contributed by atoms with Crippen LogP contribution in [0.3, 0.4) is 0 Å². The molecule has 0 unspecified atom stereocenters. The Labute approximate surface area is 110 Å². The standard InChI is InChI=1S/C10H12N4.2C2H6/c1-7-4-10(13-8(2)12-7)9-5-11-14(3)6-9;2*1-2/h4-6H,1-3H3;2*1-2H3. The molecule has 0 radical (unpaired) electrons. The van der Waals surface area contributed by atoms with Gasteiger partial charge in [0.25, 0.3) is 0 Å². The molecule has 0 saturated heterocycles. The van der Waals surface area contributed by atoms with Crippen LogP contribution in [0.5, 0.6) is 0 Å². The molecular formula is C14H24N4. The maximum Gasteiger partial charge on any atom is 0.126 e. The quantitative estimate of drug-likeness (QED) is 0.775. The summed E-state index contributed by atoms with van der Waals surface area (Å²) in [5.74, 6) is 0.795. The van der Waals surface area contributed by atoms with Crippen LogP contribution in [0.2, 0.25) is 0 Å². The van der Waals surface area contributed by atoms with Crippen LogP contribution in [0.15, 0.2) is 18.5 Å². The lowest BCUT2D eigenvalue weighted by molar-refractivity contribution is 0.768. The van der Waals surface area contributed by atoms with Gasteiger partial charge in [0, 0.05) is 24.5 Å². The van der Waals surface area contributed by atoms with Crippen molar-refractivity contribution in [2.75, 3.05) is 0 Å². The summed E-state index contributed by atoms with van der Waals surface area (Å²) in [5, 5.41) is 4.11. The lowest BCUT2D eigenvalue weighted by Gasteiger charge is -1.99. The fourth-order valence-corrected chi connectivity index (χ4v) is 1.42. The van der Waals surface area contributed by atoms with Crippen LogP contribution in [0.25, 0.3) is 11.3 Å². The Hall–Kier alpha value is -1.71. The molecule has 0 N–H and O–H groups in total. The van der Waals surface area contributed by atoms with Crippen LogP contribution in [0.1, 0.15) is 39.2 Å². The van der Waals surface area contributed by atoms with E-state index in [0.29, 0.717) is 0 Å². The van der Waals surface area contributed by atoms with E-state index in [-0.39, 0.29) is 0 Å². The first-order chi connectivity index (χ1) is 8.65. The van der Waals surface area contributed by atoms with Crippen LogP contribution >= 0.6 is 0 Å². The number of hydrogen-bond acceptors (Lipinski definition) is 3. The second-order valence-corrected chi connectivity index (χ2v) is 3.34. The largest absolute Gasteiger partial charge is 0.275 e. The highest BCUT2D eigenvalue weighted by Gasteiger charge is 2.03. The number of aromatic nitrogens is 4. The Balaban J connectivity index is 0.000000659. The van der Waals surface area contributed by atoms with Crippen molar-refractivity contribution in [1.82, 2.24) is 19.7 Å². The molecule has 2 aromatic rings. The molecule has 0 bridgehead atoms. The normalized spacial score (nSPS) is 8.83. The maximum atomic E-state index is 4.35. The summed E-state index contributed by atoms with van der Waals surface area (Å²) in [5.41, 5.74) is 2.94.